The Morgan fingerprint density at radius 2 is 1.67 bits per heavy atom. The number of carbonyl (C=O) groups is 2. The molecule has 1 N–H and O–H groups in total. The number of benzene rings is 2. The third kappa shape index (κ3) is 4.87. The molecule has 0 aliphatic rings. The first-order valence-corrected chi connectivity index (χ1v) is 12.1. The number of hydrogen-bond acceptors (Lipinski definition) is 4. The second-order valence-electron chi connectivity index (χ2n) is 9.77. The van der Waals surface area contributed by atoms with Crippen LogP contribution in [-0.2, 0) is 4.79 Å². The zero-order valence-electron chi connectivity index (χ0n) is 22.0. The van der Waals surface area contributed by atoms with Gasteiger partial charge in [-0.05, 0) is 64.3 Å². The second kappa shape index (κ2) is 9.93. The van der Waals surface area contributed by atoms with Gasteiger partial charge in [-0.15, -0.1) is 0 Å². The average molecular weight is 484 g/mol. The molecule has 186 valence electrons. The summed E-state index contributed by atoms with van der Waals surface area (Å²) >= 11 is 0. The molecule has 0 aliphatic carbocycles. The first kappa shape index (κ1) is 25.1. The zero-order valence-corrected chi connectivity index (χ0v) is 22.0. The Morgan fingerprint density at radius 1 is 1.00 bits per heavy atom. The number of rotatable bonds is 6. The molecule has 7 heteroatoms. The first-order valence-electron chi connectivity index (χ1n) is 12.1. The molecule has 0 fully saturated rings. The Bertz CT molecular complexity index is 1450. The van der Waals surface area contributed by atoms with E-state index in [9.17, 15) is 9.59 Å². The number of aromatic nitrogens is 3. The van der Waals surface area contributed by atoms with E-state index < -0.39 is 0 Å². The van der Waals surface area contributed by atoms with Gasteiger partial charge in [0.05, 0.1) is 29.4 Å². The normalized spacial score (nSPS) is 11.2. The number of carbonyl (C=O) groups excluding carboxylic acids is 2. The van der Waals surface area contributed by atoms with E-state index in [1.54, 1.807) is 13.2 Å². The number of anilines is 1. The highest BCUT2D eigenvalue weighted by Crippen LogP contribution is 2.29. The molecule has 0 spiro atoms. The van der Waals surface area contributed by atoms with Gasteiger partial charge in [-0.25, -0.2) is 9.67 Å². The number of pyridine rings is 1. The number of likely N-dealkylation sites (N-methyl/N-ethyl adjacent to an activating group) is 1. The summed E-state index contributed by atoms with van der Waals surface area (Å²) in [5.74, 6) is -0.503. The molecule has 0 atom stereocenters. The highest BCUT2D eigenvalue weighted by molar-refractivity contribution is 6.08. The summed E-state index contributed by atoms with van der Waals surface area (Å²) in [6, 6.07) is 13.9. The van der Waals surface area contributed by atoms with Crippen molar-refractivity contribution in [3.8, 4) is 11.3 Å². The fourth-order valence-electron chi connectivity index (χ4n) is 4.62. The summed E-state index contributed by atoms with van der Waals surface area (Å²) < 4.78 is 1.82. The van der Waals surface area contributed by atoms with Crippen LogP contribution in [0.4, 0.5) is 5.69 Å². The van der Waals surface area contributed by atoms with Crippen molar-refractivity contribution in [3.05, 3.63) is 76.5 Å². The Kier molecular flexibility index (Phi) is 6.93. The molecule has 7 nitrogen and oxygen atoms in total. The van der Waals surface area contributed by atoms with Gasteiger partial charge in [0.2, 0.25) is 5.91 Å². The molecule has 36 heavy (non-hydrogen) atoms. The fourth-order valence-corrected chi connectivity index (χ4v) is 4.62. The van der Waals surface area contributed by atoms with Crippen molar-refractivity contribution in [2.24, 2.45) is 0 Å². The van der Waals surface area contributed by atoms with Crippen LogP contribution in [0.1, 0.15) is 52.5 Å². The lowest BCUT2D eigenvalue weighted by molar-refractivity contribution is -0.116. The third-order valence-electron chi connectivity index (χ3n) is 6.38. The smallest absolute Gasteiger partial charge is 0.254 e. The predicted molar refractivity (Wildman–Crippen MR) is 144 cm³/mol. The van der Waals surface area contributed by atoms with Gasteiger partial charge in [0.1, 0.15) is 0 Å². The molecule has 0 aliphatic heterocycles. The standard InChI is InChI=1S/C29H33N5O2/c1-17(2)34-28-24(15-30-34)23(14-25(31-28)22-11-9-8-10-19(22)4)29(36)33(7)16-26(35)32-27-20(5)12-18(3)13-21(27)6/h8-15,17H,16H2,1-7H3,(H,32,35). The van der Waals surface area contributed by atoms with E-state index in [0.29, 0.717) is 22.3 Å². The number of nitrogens with zero attached hydrogens (tertiary/aromatic N) is 4. The van der Waals surface area contributed by atoms with Gasteiger partial charge >= 0.3 is 0 Å². The topological polar surface area (TPSA) is 80.1 Å². The summed E-state index contributed by atoms with van der Waals surface area (Å²) in [6.07, 6.45) is 1.68. The highest BCUT2D eigenvalue weighted by atomic mass is 16.2. The molecule has 0 bridgehead atoms. The van der Waals surface area contributed by atoms with Crippen LogP contribution in [0.15, 0.2) is 48.7 Å². The molecule has 0 unspecified atom stereocenters. The molecule has 2 heterocycles. The van der Waals surface area contributed by atoms with Crippen molar-refractivity contribution >= 4 is 28.5 Å². The van der Waals surface area contributed by atoms with Gasteiger partial charge in [0.15, 0.2) is 5.65 Å². The van der Waals surface area contributed by atoms with Crippen molar-refractivity contribution in [3.63, 3.8) is 0 Å². The Labute approximate surface area is 212 Å². The minimum atomic E-state index is -0.256. The minimum absolute atomic E-state index is 0.0760. The summed E-state index contributed by atoms with van der Waals surface area (Å²) in [6.45, 7) is 12.0. The maximum absolute atomic E-state index is 13.7. The summed E-state index contributed by atoms with van der Waals surface area (Å²) in [4.78, 5) is 32.9. The van der Waals surface area contributed by atoms with Gasteiger partial charge in [-0.2, -0.15) is 5.10 Å². The van der Waals surface area contributed by atoms with Crippen LogP contribution in [0.2, 0.25) is 0 Å². The van der Waals surface area contributed by atoms with Crippen LogP contribution in [0.5, 0.6) is 0 Å². The molecule has 2 aromatic heterocycles. The molecule has 2 amide bonds. The van der Waals surface area contributed by atoms with Crippen molar-refractivity contribution < 1.29 is 9.59 Å². The minimum Gasteiger partial charge on any atom is -0.332 e. The zero-order chi connectivity index (χ0) is 26.1. The lowest BCUT2D eigenvalue weighted by Crippen LogP contribution is -2.35. The van der Waals surface area contributed by atoms with Gasteiger partial charge in [-0.1, -0.05) is 42.0 Å². The largest absolute Gasteiger partial charge is 0.332 e. The van der Waals surface area contributed by atoms with E-state index >= 15 is 0 Å². The van der Waals surface area contributed by atoms with Crippen LogP contribution in [0.3, 0.4) is 0 Å². The summed E-state index contributed by atoms with van der Waals surface area (Å²) in [5, 5.41) is 8.15. The fraction of sp³-hybridized carbons (Fsp3) is 0.310. The molecule has 0 radical (unpaired) electrons. The van der Waals surface area contributed by atoms with Gasteiger partial charge < -0.3 is 10.2 Å². The summed E-state index contributed by atoms with van der Waals surface area (Å²) in [7, 11) is 1.64. The molecular formula is C29H33N5O2. The Balaban J connectivity index is 1.68. The Morgan fingerprint density at radius 3 is 2.31 bits per heavy atom. The second-order valence-corrected chi connectivity index (χ2v) is 9.77. The van der Waals surface area contributed by atoms with Crippen LogP contribution in [0, 0.1) is 27.7 Å². The first-order chi connectivity index (χ1) is 17.1. The third-order valence-corrected chi connectivity index (χ3v) is 6.38. The van der Waals surface area contributed by atoms with Gasteiger partial charge in [0.25, 0.3) is 5.91 Å². The molecule has 4 aromatic rings. The lowest BCUT2D eigenvalue weighted by atomic mass is 10.0. The quantitative estimate of drug-likeness (QED) is 0.386. The predicted octanol–water partition coefficient (Wildman–Crippen LogP) is 5.62. The van der Waals surface area contributed by atoms with E-state index in [0.717, 1.165) is 33.5 Å². The van der Waals surface area contributed by atoms with Gasteiger partial charge in [-0.3, -0.25) is 9.59 Å². The van der Waals surface area contributed by atoms with Crippen molar-refractivity contribution in [1.82, 2.24) is 19.7 Å². The number of hydrogen-bond donors (Lipinski definition) is 1. The van der Waals surface area contributed by atoms with Crippen molar-refractivity contribution in [2.75, 3.05) is 18.9 Å². The molecule has 0 saturated carbocycles. The molecule has 4 rings (SSSR count). The molecular weight excluding hydrogens is 450 g/mol. The van der Waals surface area contributed by atoms with Crippen LogP contribution < -0.4 is 5.32 Å². The van der Waals surface area contributed by atoms with Crippen molar-refractivity contribution in [1.29, 1.82) is 0 Å². The lowest BCUT2D eigenvalue weighted by Gasteiger charge is -2.19. The monoisotopic (exact) mass is 483 g/mol. The van der Waals surface area contributed by atoms with Crippen molar-refractivity contribution in [2.45, 2.75) is 47.6 Å². The SMILES string of the molecule is Cc1cc(C)c(NC(=O)CN(C)C(=O)c2cc(-c3ccccc3C)nc3c2cnn3C(C)C)c(C)c1. The van der Waals surface area contributed by atoms with E-state index in [1.165, 1.54) is 4.90 Å². The number of fused-ring (bicyclic) bond motifs is 1. The number of aryl methyl sites for hydroxylation is 4. The molecule has 2 aromatic carbocycles. The van der Waals surface area contributed by atoms with Crippen LogP contribution in [0.25, 0.3) is 22.3 Å². The maximum atomic E-state index is 13.7. The van der Waals surface area contributed by atoms with E-state index in [-0.39, 0.29) is 24.4 Å². The highest BCUT2D eigenvalue weighted by Gasteiger charge is 2.23. The van der Waals surface area contributed by atoms with Crippen LogP contribution in [-0.4, -0.2) is 45.1 Å². The van der Waals surface area contributed by atoms with E-state index in [2.05, 4.69) is 10.4 Å². The van der Waals surface area contributed by atoms with E-state index in [4.69, 9.17) is 4.98 Å². The number of amides is 2. The number of nitrogens with one attached hydrogen (secondary N) is 1. The summed E-state index contributed by atoms with van der Waals surface area (Å²) in [5.41, 5.74) is 7.77. The van der Waals surface area contributed by atoms with Crippen LogP contribution >= 0.6 is 0 Å². The maximum Gasteiger partial charge on any atom is 0.254 e. The molecule has 0 saturated heterocycles. The van der Waals surface area contributed by atoms with E-state index in [1.807, 2.05) is 88.7 Å². The average Bonchev–Trinajstić information content (AvgIpc) is 3.25. The van der Waals surface area contributed by atoms with Gasteiger partial charge in [0, 0.05) is 24.3 Å². The Hall–Kier alpha value is -4.00.